The van der Waals surface area contributed by atoms with E-state index in [1.54, 1.807) is 19.2 Å². The lowest BCUT2D eigenvalue weighted by molar-refractivity contribution is 0.265. The predicted octanol–water partition coefficient (Wildman–Crippen LogP) is 6.84. The summed E-state index contributed by atoms with van der Waals surface area (Å²) in [5.74, 6) is 1.49. The summed E-state index contributed by atoms with van der Waals surface area (Å²) < 4.78 is 31.7. The van der Waals surface area contributed by atoms with Crippen LogP contribution in [-0.2, 0) is 13.2 Å². The average molecular weight is 495 g/mol. The van der Waals surface area contributed by atoms with Gasteiger partial charge in [0.05, 0.1) is 18.7 Å². The molecule has 0 aromatic heterocycles. The first-order valence-corrected chi connectivity index (χ1v) is 10.6. The molecule has 7 heteroatoms. The van der Waals surface area contributed by atoms with E-state index in [2.05, 4.69) is 21.2 Å². The van der Waals surface area contributed by atoms with Crippen molar-refractivity contribution in [1.82, 2.24) is 0 Å². The summed E-state index contributed by atoms with van der Waals surface area (Å²) in [5.41, 5.74) is 2.27. The molecule has 0 fully saturated rings. The molecule has 0 spiro atoms. The van der Waals surface area contributed by atoms with Crippen LogP contribution in [0.5, 0.6) is 17.2 Å². The molecule has 0 aliphatic rings. The van der Waals surface area contributed by atoms with Crippen LogP contribution in [0.4, 0.5) is 10.1 Å². The number of benzene rings is 3. The second-order valence-corrected chi connectivity index (χ2v) is 7.66. The van der Waals surface area contributed by atoms with Gasteiger partial charge in [-0.15, -0.1) is 0 Å². The number of halogens is 3. The minimum atomic E-state index is -0.403. The second-order valence-electron chi connectivity index (χ2n) is 6.39. The van der Waals surface area contributed by atoms with Crippen LogP contribution < -0.4 is 19.5 Å². The summed E-state index contributed by atoms with van der Waals surface area (Å²) in [4.78, 5) is 0. The number of ether oxygens (including phenoxy) is 3. The Morgan fingerprint density at radius 2 is 1.77 bits per heavy atom. The lowest BCUT2D eigenvalue weighted by Gasteiger charge is -2.16. The summed E-state index contributed by atoms with van der Waals surface area (Å²) in [7, 11) is 1.64. The third-order valence-electron chi connectivity index (χ3n) is 4.42. The predicted molar refractivity (Wildman–Crippen MR) is 121 cm³/mol. The van der Waals surface area contributed by atoms with E-state index in [9.17, 15) is 4.39 Å². The lowest BCUT2D eigenvalue weighted by atomic mass is 10.2. The molecule has 3 rings (SSSR count). The SMILES string of the molecule is CCOc1cc(CNc2ccc(OC)cc2)c(Br)cc1OCc1c(F)cccc1Cl. The first-order valence-electron chi connectivity index (χ1n) is 9.40. The zero-order valence-corrected chi connectivity index (χ0v) is 19.0. The van der Waals surface area contributed by atoms with Gasteiger partial charge < -0.3 is 19.5 Å². The molecule has 3 aromatic carbocycles. The molecule has 0 saturated carbocycles. The maximum absolute atomic E-state index is 14.0. The maximum atomic E-state index is 14.0. The topological polar surface area (TPSA) is 39.7 Å². The third-order valence-corrected chi connectivity index (χ3v) is 5.51. The summed E-state index contributed by atoms with van der Waals surface area (Å²) in [5, 5.41) is 3.69. The summed E-state index contributed by atoms with van der Waals surface area (Å²) in [6, 6.07) is 16.0. The quantitative estimate of drug-likeness (QED) is 0.353. The molecule has 0 unspecified atom stereocenters. The van der Waals surface area contributed by atoms with E-state index in [4.69, 9.17) is 25.8 Å². The van der Waals surface area contributed by atoms with Crippen molar-refractivity contribution in [2.45, 2.75) is 20.1 Å². The number of hydrogen-bond donors (Lipinski definition) is 1. The fraction of sp³-hybridized carbons (Fsp3) is 0.217. The molecule has 0 atom stereocenters. The molecular weight excluding hydrogens is 473 g/mol. The largest absolute Gasteiger partial charge is 0.497 e. The molecule has 1 N–H and O–H groups in total. The zero-order chi connectivity index (χ0) is 21.5. The highest BCUT2D eigenvalue weighted by Gasteiger charge is 2.14. The van der Waals surface area contributed by atoms with E-state index in [1.165, 1.54) is 6.07 Å². The van der Waals surface area contributed by atoms with Crippen molar-refractivity contribution in [3.8, 4) is 17.2 Å². The van der Waals surface area contributed by atoms with Crippen LogP contribution in [-0.4, -0.2) is 13.7 Å². The molecular formula is C23H22BrClFNO3. The molecule has 3 aromatic rings. The van der Waals surface area contributed by atoms with Crippen LogP contribution in [0.1, 0.15) is 18.1 Å². The molecule has 0 saturated heterocycles. The summed E-state index contributed by atoms with van der Waals surface area (Å²) in [6.07, 6.45) is 0. The van der Waals surface area contributed by atoms with Gasteiger partial charge in [-0.3, -0.25) is 0 Å². The fourth-order valence-corrected chi connectivity index (χ4v) is 3.50. The Morgan fingerprint density at radius 3 is 2.43 bits per heavy atom. The van der Waals surface area contributed by atoms with Gasteiger partial charge in [0.15, 0.2) is 11.5 Å². The second kappa shape index (κ2) is 10.5. The Balaban J connectivity index is 1.75. The van der Waals surface area contributed by atoms with Crippen molar-refractivity contribution in [2.24, 2.45) is 0 Å². The van der Waals surface area contributed by atoms with Gasteiger partial charge in [-0.1, -0.05) is 33.6 Å². The van der Waals surface area contributed by atoms with Gasteiger partial charge in [-0.25, -0.2) is 4.39 Å². The molecule has 30 heavy (non-hydrogen) atoms. The Bertz CT molecular complexity index is 978. The standard InChI is InChI=1S/C23H22BrClFNO3/c1-3-29-22-11-15(13-27-16-7-9-17(28-2)10-8-16)19(24)12-23(22)30-14-18-20(25)5-4-6-21(18)26/h4-12,27H,3,13-14H2,1-2H3. The minimum Gasteiger partial charge on any atom is -0.497 e. The number of anilines is 1. The van der Waals surface area contributed by atoms with Crippen LogP contribution in [0.2, 0.25) is 5.02 Å². The van der Waals surface area contributed by atoms with Gasteiger partial charge in [-0.05, 0) is 61.0 Å². The molecule has 4 nitrogen and oxygen atoms in total. The molecule has 0 heterocycles. The van der Waals surface area contributed by atoms with Gasteiger partial charge >= 0.3 is 0 Å². The van der Waals surface area contributed by atoms with Crippen LogP contribution in [0.15, 0.2) is 59.1 Å². The van der Waals surface area contributed by atoms with E-state index in [0.29, 0.717) is 35.2 Å². The van der Waals surface area contributed by atoms with Crippen molar-refractivity contribution in [2.75, 3.05) is 19.0 Å². The highest BCUT2D eigenvalue weighted by Crippen LogP contribution is 2.35. The number of hydrogen-bond acceptors (Lipinski definition) is 4. The molecule has 0 aliphatic heterocycles. The first-order chi connectivity index (χ1) is 14.5. The number of nitrogens with one attached hydrogen (secondary N) is 1. The van der Waals surface area contributed by atoms with Gasteiger partial charge in [0.25, 0.3) is 0 Å². The maximum Gasteiger partial charge on any atom is 0.162 e. The molecule has 158 valence electrons. The van der Waals surface area contributed by atoms with Crippen molar-refractivity contribution in [1.29, 1.82) is 0 Å². The first kappa shape index (κ1) is 22.2. The highest BCUT2D eigenvalue weighted by molar-refractivity contribution is 9.10. The van der Waals surface area contributed by atoms with Crippen molar-refractivity contribution in [3.05, 3.63) is 81.0 Å². The summed E-state index contributed by atoms with van der Waals surface area (Å²) in [6.45, 7) is 2.95. The molecule has 0 bridgehead atoms. The monoisotopic (exact) mass is 493 g/mol. The molecule has 0 aliphatic carbocycles. The Hall–Kier alpha value is -2.44. The van der Waals surface area contributed by atoms with Gasteiger partial charge in [0, 0.05) is 22.3 Å². The number of methoxy groups -OCH3 is 1. The van der Waals surface area contributed by atoms with E-state index in [1.807, 2.05) is 43.3 Å². The van der Waals surface area contributed by atoms with E-state index < -0.39 is 5.82 Å². The van der Waals surface area contributed by atoms with Gasteiger partial charge in [0.2, 0.25) is 0 Å². The van der Waals surface area contributed by atoms with Crippen LogP contribution in [0, 0.1) is 5.82 Å². The normalized spacial score (nSPS) is 10.6. The summed E-state index contributed by atoms with van der Waals surface area (Å²) >= 11 is 9.68. The van der Waals surface area contributed by atoms with Crippen LogP contribution in [0.3, 0.4) is 0 Å². The van der Waals surface area contributed by atoms with Crippen LogP contribution >= 0.6 is 27.5 Å². The zero-order valence-electron chi connectivity index (χ0n) is 16.7. The Labute approximate surface area is 189 Å². The van der Waals surface area contributed by atoms with Gasteiger partial charge in [-0.2, -0.15) is 0 Å². The number of rotatable bonds is 9. The van der Waals surface area contributed by atoms with E-state index in [-0.39, 0.29) is 6.61 Å². The third kappa shape index (κ3) is 5.58. The van der Waals surface area contributed by atoms with Crippen LogP contribution in [0.25, 0.3) is 0 Å². The highest BCUT2D eigenvalue weighted by atomic mass is 79.9. The van der Waals surface area contributed by atoms with E-state index >= 15 is 0 Å². The lowest BCUT2D eigenvalue weighted by Crippen LogP contribution is -2.05. The van der Waals surface area contributed by atoms with Gasteiger partial charge in [0.1, 0.15) is 18.2 Å². The smallest absolute Gasteiger partial charge is 0.162 e. The van der Waals surface area contributed by atoms with Crippen molar-refractivity contribution < 1.29 is 18.6 Å². The molecule has 0 radical (unpaired) electrons. The Kier molecular flexibility index (Phi) is 7.82. The average Bonchev–Trinajstić information content (AvgIpc) is 2.74. The Morgan fingerprint density at radius 1 is 1.03 bits per heavy atom. The fourth-order valence-electron chi connectivity index (χ4n) is 2.82. The molecule has 0 amide bonds. The van der Waals surface area contributed by atoms with Crippen molar-refractivity contribution in [3.63, 3.8) is 0 Å². The minimum absolute atomic E-state index is 0.00145. The van der Waals surface area contributed by atoms with E-state index in [0.717, 1.165) is 21.5 Å². The van der Waals surface area contributed by atoms with Crippen molar-refractivity contribution >= 4 is 33.2 Å².